The Morgan fingerprint density at radius 1 is 1.47 bits per heavy atom. The van der Waals surface area contributed by atoms with Gasteiger partial charge in [-0.25, -0.2) is 4.79 Å². The molecule has 0 aliphatic heterocycles. The maximum Gasteiger partial charge on any atom is 0.330 e. The summed E-state index contributed by atoms with van der Waals surface area (Å²) in [6.45, 7) is 0.130. The molecule has 6 heteroatoms. The van der Waals surface area contributed by atoms with Crippen LogP contribution in [0.5, 0.6) is 0 Å². The highest BCUT2D eigenvalue weighted by molar-refractivity contribution is 5.76. The molecule has 0 aromatic carbocycles. The molecule has 0 atom stereocenters. The number of nitrogens with one attached hydrogen (secondary N) is 1. The number of aromatic nitrogens is 2. The zero-order valence-corrected chi connectivity index (χ0v) is 9.68. The molecule has 1 fully saturated rings. The number of hydrogen-bond acceptors (Lipinski definition) is 3. The van der Waals surface area contributed by atoms with Crippen molar-refractivity contribution in [3.63, 3.8) is 0 Å². The third-order valence-corrected chi connectivity index (χ3v) is 2.74. The Labute approximate surface area is 97.9 Å². The van der Waals surface area contributed by atoms with Crippen LogP contribution in [0.3, 0.4) is 0 Å². The summed E-state index contributed by atoms with van der Waals surface area (Å²) in [6.07, 6.45) is 3.64. The van der Waals surface area contributed by atoms with Crippen molar-refractivity contribution in [1.82, 2.24) is 14.5 Å². The highest BCUT2D eigenvalue weighted by Crippen LogP contribution is 2.18. The van der Waals surface area contributed by atoms with Gasteiger partial charge in [0.15, 0.2) is 0 Å². The molecule has 1 heterocycles. The zero-order chi connectivity index (χ0) is 12.4. The van der Waals surface area contributed by atoms with Gasteiger partial charge in [-0.1, -0.05) is 0 Å². The van der Waals surface area contributed by atoms with Crippen LogP contribution in [0.15, 0.2) is 21.9 Å². The summed E-state index contributed by atoms with van der Waals surface area (Å²) in [7, 11) is 1.57. The minimum Gasteiger partial charge on any atom is -0.353 e. The fraction of sp³-hybridized carbons (Fsp3) is 0.545. The molecule has 1 N–H and O–H groups in total. The van der Waals surface area contributed by atoms with Crippen molar-refractivity contribution in [3.05, 3.63) is 33.1 Å². The summed E-state index contributed by atoms with van der Waals surface area (Å²) >= 11 is 0. The number of amides is 1. The van der Waals surface area contributed by atoms with Gasteiger partial charge in [0.1, 0.15) is 0 Å². The van der Waals surface area contributed by atoms with E-state index in [9.17, 15) is 14.4 Å². The molecule has 1 aliphatic rings. The molecular formula is C11H15N3O3. The van der Waals surface area contributed by atoms with Gasteiger partial charge >= 0.3 is 5.69 Å². The highest BCUT2D eigenvalue weighted by Gasteiger charge is 2.22. The van der Waals surface area contributed by atoms with Crippen molar-refractivity contribution < 1.29 is 4.79 Å². The Morgan fingerprint density at radius 2 is 2.18 bits per heavy atom. The van der Waals surface area contributed by atoms with E-state index in [4.69, 9.17) is 0 Å². The molecule has 1 amide bonds. The third kappa shape index (κ3) is 2.83. The zero-order valence-electron chi connectivity index (χ0n) is 9.68. The van der Waals surface area contributed by atoms with Crippen molar-refractivity contribution >= 4 is 5.91 Å². The average Bonchev–Trinajstić information content (AvgIpc) is 3.07. The molecule has 6 nitrogen and oxygen atoms in total. The largest absolute Gasteiger partial charge is 0.353 e. The summed E-state index contributed by atoms with van der Waals surface area (Å²) in [5.41, 5.74) is -0.760. The van der Waals surface area contributed by atoms with Crippen LogP contribution in [-0.4, -0.2) is 21.1 Å². The van der Waals surface area contributed by atoms with Crippen LogP contribution in [0.4, 0.5) is 0 Å². The Kier molecular flexibility index (Phi) is 3.12. The third-order valence-electron chi connectivity index (χ3n) is 2.74. The van der Waals surface area contributed by atoms with E-state index < -0.39 is 5.69 Å². The van der Waals surface area contributed by atoms with Crippen molar-refractivity contribution in [2.45, 2.75) is 31.8 Å². The van der Waals surface area contributed by atoms with Crippen molar-refractivity contribution in [3.8, 4) is 0 Å². The van der Waals surface area contributed by atoms with Crippen LogP contribution in [0.1, 0.15) is 19.3 Å². The number of hydrogen-bond donors (Lipinski definition) is 1. The number of aryl methyl sites for hydroxylation is 1. The first-order valence-corrected chi connectivity index (χ1v) is 5.64. The monoisotopic (exact) mass is 237 g/mol. The molecule has 0 radical (unpaired) electrons. The summed E-state index contributed by atoms with van der Waals surface area (Å²) < 4.78 is 2.40. The van der Waals surface area contributed by atoms with E-state index in [0.29, 0.717) is 6.04 Å². The van der Waals surface area contributed by atoms with Gasteiger partial charge < -0.3 is 9.88 Å². The SMILES string of the molecule is Cn1ccc(=O)n(CCC(=O)NC2CC2)c1=O. The van der Waals surface area contributed by atoms with Gasteiger partial charge in [-0.15, -0.1) is 0 Å². The average molecular weight is 237 g/mol. The van der Waals surface area contributed by atoms with E-state index in [0.717, 1.165) is 17.4 Å². The molecule has 2 rings (SSSR count). The lowest BCUT2D eigenvalue weighted by Crippen LogP contribution is -2.39. The molecule has 0 spiro atoms. The van der Waals surface area contributed by atoms with Crippen molar-refractivity contribution in [1.29, 1.82) is 0 Å². The fourth-order valence-electron chi connectivity index (χ4n) is 1.56. The Morgan fingerprint density at radius 3 is 2.82 bits per heavy atom. The van der Waals surface area contributed by atoms with E-state index in [1.165, 1.54) is 16.8 Å². The van der Waals surface area contributed by atoms with E-state index in [2.05, 4.69) is 5.32 Å². The van der Waals surface area contributed by atoms with Crippen molar-refractivity contribution in [2.24, 2.45) is 7.05 Å². The van der Waals surface area contributed by atoms with Crippen LogP contribution >= 0.6 is 0 Å². The Balaban J connectivity index is 2.03. The lowest BCUT2D eigenvalue weighted by atomic mass is 10.4. The Bertz CT molecular complexity index is 540. The van der Waals surface area contributed by atoms with Gasteiger partial charge in [-0.05, 0) is 12.8 Å². The van der Waals surface area contributed by atoms with Gasteiger partial charge in [0, 0.05) is 38.3 Å². The van der Waals surface area contributed by atoms with Crippen LogP contribution in [0, 0.1) is 0 Å². The van der Waals surface area contributed by atoms with Crippen molar-refractivity contribution in [2.75, 3.05) is 0 Å². The molecule has 1 aliphatic carbocycles. The molecule has 92 valence electrons. The summed E-state index contributed by atoms with van der Waals surface area (Å²) in [4.78, 5) is 34.5. The minimum absolute atomic E-state index is 0.106. The van der Waals surface area contributed by atoms with Crippen LogP contribution in [0.25, 0.3) is 0 Å². The molecule has 0 bridgehead atoms. The summed E-state index contributed by atoms with van der Waals surface area (Å²) in [5, 5.41) is 2.81. The maximum absolute atomic E-state index is 11.6. The smallest absolute Gasteiger partial charge is 0.330 e. The number of rotatable bonds is 4. The number of nitrogens with zero attached hydrogens (tertiary/aromatic N) is 2. The van der Waals surface area contributed by atoms with Gasteiger partial charge in [-0.3, -0.25) is 14.2 Å². The molecule has 1 saturated carbocycles. The van der Waals surface area contributed by atoms with Gasteiger partial charge in [-0.2, -0.15) is 0 Å². The van der Waals surface area contributed by atoms with E-state index in [1.54, 1.807) is 7.05 Å². The van der Waals surface area contributed by atoms with Crippen LogP contribution in [0.2, 0.25) is 0 Å². The molecule has 0 saturated heterocycles. The molecule has 0 unspecified atom stereocenters. The molecule has 17 heavy (non-hydrogen) atoms. The van der Waals surface area contributed by atoms with Crippen LogP contribution < -0.4 is 16.6 Å². The van der Waals surface area contributed by atoms with E-state index >= 15 is 0 Å². The maximum atomic E-state index is 11.6. The fourth-order valence-corrected chi connectivity index (χ4v) is 1.56. The first kappa shape index (κ1) is 11.6. The first-order valence-electron chi connectivity index (χ1n) is 5.64. The first-order chi connectivity index (χ1) is 8.08. The molecule has 1 aromatic heterocycles. The Hall–Kier alpha value is -1.85. The summed E-state index contributed by atoms with van der Waals surface area (Å²) in [5.74, 6) is -0.106. The second-order valence-electron chi connectivity index (χ2n) is 4.29. The number of carbonyl (C=O) groups excluding carboxylic acids is 1. The topological polar surface area (TPSA) is 73.1 Å². The normalized spacial score (nSPS) is 14.6. The lowest BCUT2D eigenvalue weighted by Gasteiger charge is -2.06. The second-order valence-corrected chi connectivity index (χ2v) is 4.29. The van der Waals surface area contributed by atoms with E-state index in [-0.39, 0.29) is 24.4 Å². The van der Waals surface area contributed by atoms with Crippen LogP contribution in [-0.2, 0) is 18.4 Å². The highest BCUT2D eigenvalue weighted by atomic mass is 16.2. The predicted molar refractivity (Wildman–Crippen MR) is 61.7 cm³/mol. The minimum atomic E-state index is -0.392. The van der Waals surface area contributed by atoms with Gasteiger partial charge in [0.2, 0.25) is 5.91 Å². The molecular weight excluding hydrogens is 222 g/mol. The summed E-state index contributed by atoms with van der Waals surface area (Å²) in [6, 6.07) is 1.62. The number of carbonyl (C=O) groups is 1. The van der Waals surface area contributed by atoms with E-state index in [1.807, 2.05) is 0 Å². The lowest BCUT2D eigenvalue weighted by molar-refractivity contribution is -0.121. The van der Waals surface area contributed by atoms with Gasteiger partial charge in [0.05, 0.1) is 0 Å². The molecule has 1 aromatic rings. The van der Waals surface area contributed by atoms with Gasteiger partial charge in [0.25, 0.3) is 5.56 Å². The quantitative estimate of drug-likeness (QED) is 0.746. The standard InChI is InChI=1S/C11H15N3O3/c1-13-6-5-10(16)14(11(13)17)7-4-9(15)12-8-2-3-8/h5-6,8H,2-4,7H2,1H3,(H,12,15). The predicted octanol–water partition coefficient (Wildman–Crippen LogP) is -0.784. The second kappa shape index (κ2) is 4.57.